The lowest BCUT2D eigenvalue weighted by Gasteiger charge is -2.27. The number of anilines is 2. The number of tetrazole rings is 1. The molecular formula is C15H20N8O3. The fraction of sp³-hybridized carbons (Fsp3) is 0.600. The molecule has 0 bridgehead atoms. The molecule has 1 saturated carbocycles. The second-order valence-electron chi connectivity index (χ2n) is 6.78. The quantitative estimate of drug-likeness (QED) is 0.744. The number of nitrogens with zero attached hydrogens (tertiary/aromatic N) is 6. The summed E-state index contributed by atoms with van der Waals surface area (Å²) in [5.74, 6) is 0.416. The Kier molecular flexibility index (Phi) is 4.37. The first-order valence-electron chi connectivity index (χ1n) is 8.50. The predicted octanol–water partition coefficient (Wildman–Crippen LogP) is 0.257. The summed E-state index contributed by atoms with van der Waals surface area (Å²) in [6, 6.07) is 0. The van der Waals surface area contributed by atoms with Gasteiger partial charge in [-0.25, -0.2) is 4.98 Å². The number of morpholine rings is 1. The van der Waals surface area contributed by atoms with E-state index in [0.29, 0.717) is 38.9 Å². The largest absolute Gasteiger partial charge is 0.476 e. The van der Waals surface area contributed by atoms with Crippen molar-refractivity contribution in [3.05, 3.63) is 11.8 Å². The van der Waals surface area contributed by atoms with Crippen LogP contribution in [-0.4, -0.2) is 69.4 Å². The number of hydrogen-bond donors (Lipinski definition) is 2. The van der Waals surface area contributed by atoms with Crippen LogP contribution in [0, 0.1) is 5.41 Å². The molecule has 1 saturated heterocycles. The zero-order chi connectivity index (χ0) is 18.0. The second-order valence-corrected chi connectivity index (χ2v) is 6.78. The van der Waals surface area contributed by atoms with E-state index in [1.54, 1.807) is 0 Å². The highest BCUT2D eigenvalue weighted by Crippen LogP contribution is 2.45. The Morgan fingerprint density at radius 2 is 2.23 bits per heavy atom. The lowest BCUT2D eigenvalue weighted by Crippen LogP contribution is -2.37. The van der Waals surface area contributed by atoms with Gasteiger partial charge in [-0.15, -0.1) is 5.10 Å². The average Bonchev–Trinajstić information content (AvgIpc) is 3.18. The van der Waals surface area contributed by atoms with Crippen molar-refractivity contribution in [2.24, 2.45) is 5.41 Å². The van der Waals surface area contributed by atoms with Gasteiger partial charge >= 0.3 is 0 Å². The van der Waals surface area contributed by atoms with Crippen LogP contribution in [-0.2, 0) is 4.74 Å². The molecular weight excluding hydrogens is 340 g/mol. The van der Waals surface area contributed by atoms with Crippen LogP contribution in [0.3, 0.4) is 0 Å². The first kappa shape index (κ1) is 16.6. The summed E-state index contributed by atoms with van der Waals surface area (Å²) >= 11 is 0. The number of carbonyl (C=O) groups excluding carboxylic acids is 1. The van der Waals surface area contributed by atoms with Crippen molar-refractivity contribution in [1.82, 2.24) is 30.6 Å². The Morgan fingerprint density at radius 1 is 1.42 bits per heavy atom. The monoisotopic (exact) mass is 360 g/mol. The van der Waals surface area contributed by atoms with Crippen LogP contribution >= 0.6 is 0 Å². The van der Waals surface area contributed by atoms with Gasteiger partial charge in [0, 0.05) is 24.7 Å². The van der Waals surface area contributed by atoms with E-state index in [4.69, 9.17) is 9.47 Å². The van der Waals surface area contributed by atoms with Gasteiger partial charge in [-0.2, -0.15) is 10.2 Å². The maximum absolute atomic E-state index is 12.5. The Hall–Kier alpha value is -2.82. The molecule has 2 fully saturated rings. The predicted molar refractivity (Wildman–Crippen MR) is 90.0 cm³/mol. The summed E-state index contributed by atoms with van der Waals surface area (Å²) in [5, 5.41) is 15.7. The van der Waals surface area contributed by atoms with E-state index >= 15 is 0 Å². The third kappa shape index (κ3) is 3.72. The number of nitrogens with one attached hydrogen (secondary N) is 2. The Bertz CT molecular complexity index is 771. The van der Waals surface area contributed by atoms with Gasteiger partial charge in [0.05, 0.1) is 19.8 Å². The van der Waals surface area contributed by atoms with Crippen LogP contribution in [0.2, 0.25) is 0 Å². The van der Waals surface area contributed by atoms with Crippen molar-refractivity contribution in [3.63, 3.8) is 0 Å². The minimum absolute atomic E-state index is 0.0763. The number of amides is 1. The van der Waals surface area contributed by atoms with E-state index in [-0.39, 0.29) is 22.8 Å². The van der Waals surface area contributed by atoms with Crippen molar-refractivity contribution >= 4 is 17.8 Å². The SMILES string of the molecule is CC1(COc2nc(N3CCOCC3)ncc2C(=O)Nc2nn[nH]n2)CC1. The van der Waals surface area contributed by atoms with E-state index < -0.39 is 5.91 Å². The Labute approximate surface area is 149 Å². The zero-order valence-electron chi connectivity index (χ0n) is 14.4. The zero-order valence-corrected chi connectivity index (χ0v) is 14.4. The Balaban J connectivity index is 1.57. The molecule has 2 N–H and O–H groups in total. The average molecular weight is 360 g/mol. The molecule has 1 aliphatic heterocycles. The lowest BCUT2D eigenvalue weighted by molar-refractivity contribution is 0.101. The summed E-state index contributed by atoms with van der Waals surface area (Å²) < 4.78 is 11.3. The van der Waals surface area contributed by atoms with E-state index in [9.17, 15) is 4.79 Å². The van der Waals surface area contributed by atoms with Crippen molar-refractivity contribution in [3.8, 4) is 5.88 Å². The minimum atomic E-state index is -0.448. The Morgan fingerprint density at radius 3 is 2.92 bits per heavy atom. The van der Waals surface area contributed by atoms with Gasteiger partial charge in [-0.1, -0.05) is 12.0 Å². The fourth-order valence-corrected chi connectivity index (χ4v) is 2.52. The molecule has 2 aromatic rings. The number of ether oxygens (including phenoxy) is 2. The second kappa shape index (κ2) is 6.83. The molecule has 0 radical (unpaired) electrons. The number of hydrogen-bond acceptors (Lipinski definition) is 9. The van der Waals surface area contributed by atoms with E-state index in [1.165, 1.54) is 6.20 Å². The summed E-state index contributed by atoms with van der Waals surface area (Å²) in [7, 11) is 0. The van der Waals surface area contributed by atoms with Gasteiger partial charge in [-0.3, -0.25) is 10.1 Å². The van der Waals surface area contributed by atoms with Crippen LogP contribution < -0.4 is 15.0 Å². The topological polar surface area (TPSA) is 131 Å². The molecule has 26 heavy (non-hydrogen) atoms. The molecule has 2 aromatic heterocycles. The van der Waals surface area contributed by atoms with Crippen LogP contribution in [0.25, 0.3) is 0 Å². The van der Waals surface area contributed by atoms with E-state index in [0.717, 1.165) is 12.8 Å². The summed E-state index contributed by atoms with van der Waals surface area (Å²) in [4.78, 5) is 23.4. The molecule has 0 spiro atoms. The summed E-state index contributed by atoms with van der Waals surface area (Å²) in [6.45, 7) is 5.30. The maximum atomic E-state index is 12.5. The number of carbonyl (C=O) groups is 1. The molecule has 11 nitrogen and oxygen atoms in total. The number of aromatic amines is 1. The molecule has 0 unspecified atom stereocenters. The highest BCUT2D eigenvalue weighted by Gasteiger charge is 2.38. The molecule has 4 rings (SSSR count). The molecule has 0 atom stereocenters. The number of aromatic nitrogens is 6. The first-order valence-corrected chi connectivity index (χ1v) is 8.50. The third-order valence-corrected chi connectivity index (χ3v) is 4.51. The molecule has 1 amide bonds. The standard InChI is InChI=1S/C15H20N8O3/c1-15(2-3-15)9-26-12-10(11(24)17-13-19-21-22-20-13)8-16-14(18-12)23-4-6-25-7-5-23/h8H,2-7,9H2,1H3,(H2,17,19,20,21,22,24). The van der Waals surface area contributed by atoms with Crippen molar-refractivity contribution in [2.75, 3.05) is 43.1 Å². The van der Waals surface area contributed by atoms with Gasteiger partial charge < -0.3 is 14.4 Å². The van der Waals surface area contributed by atoms with Crippen LogP contribution in [0.4, 0.5) is 11.9 Å². The molecule has 138 valence electrons. The third-order valence-electron chi connectivity index (χ3n) is 4.51. The van der Waals surface area contributed by atoms with Crippen LogP contribution in [0.15, 0.2) is 6.20 Å². The number of H-pyrrole nitrogens is 1. The highest BCUT2D eigenvalue weighted by molar-refractivity contribution is 6.04. The minimum Gasteiger partial charge on any atom is -0.476 e. The van der Waals surface area contributed by atoms with Gasteiger partial charge in [-0.05, 0) is 18.1 Å². The molecule has 3 heterocycles. The maximum Gasteiger partial charge on any atom is 0.270 e. The smallest absolute Gasteiger partial charge is 0.270 e. The number of rotatable bonds is 6. The summed E-state index contributed by atoms with van der Waals surface area (Å²) in [5.41, 5.74) is 0.391. The van der Waals surface area contributed by atoms with Gasteiger partial charge in [0.15, 0.2) is 0 Å². The molecule has 0 aromatic carbocycles. The lowest BCUT2D eigenvalue weighted by atomic mass is 10.2. The fourth-order valence-electron chi connectivity index (χ4n) is 2.52. The van der Waals surface area contributed by atoms with Gasteiger partial charge in [0.25, 0.3) is 11.9 Å². The summed E-state index contributed by atoms with van der Waals surface area (Å²) in [6.07, 6.45) is 3.69. The van der Waals surface area contributed by atoms with E-state index in [2.05, 4.69) is 42.8 Å². The van der Waals surface area contributed by atoms with Crippen LogP contribution in [0.1, 0.15) is 30.1 Å². The highest BCUT2D eigenvalue weighted by atomic mass is 16.5. The first-order chi connectivity index (χ1) is 12.6. The van der Waals surface area contributed by atoms with E-state index in [1.807, 2.05) is 4.90 Å². The van der Waals surface area contributed by atoms with Gasteiger partial charge in [0.2, 0.25) is 11.8 Å². The van der Waals surface area contributed by atoms with Crippen molar-refractivity contribution in [2.45, 2.75) is 19.8 Å². The normalized spacial score (nSPS) is 18.4. The molecule has 11 heteroatoms. The van der Waals surface area contributed by atoms with Crippen LogP contribution in [0.5, 0.6) is 5.88 Å². The van der Waals surface area contributed by atoms with Crippen molar-refractivity contribution < 1.29 is 14.3 Å². The van der Waals surface area contributed by atoms with Gasteiger partial charge in [0.1, 0.15) is 5.56 Å². The molecule has 2 aliphatic rings. The van der Waals surface area contributed by atoms with Crippen molar-refractivity contribution in [1.29, 1.82) is 0 Å². The molecule has 1 aliphatic carbocycles.